The molecule has 0 radical (unpaired) electrons. The Bertz CT molecular complexity index is 1090. The Kier molecular flexibility index (Phi) is 7.33. The van der Waals surface area contributed by atoms with Crippen LogP contribution < -0.4 is 19.5 Å². The average molecular weight is 440 g/mol. The maximum atomic E-state index is 12.4. The van der Waals surface area contributed by atoms with E-state index >= 15 is 0 Å². The molecule has 1 heterocycles. The maximum Gasteiger partial charge on any atom is 0.338 e. The summed E-state index contributed by atoms with van der Waals surface area (Å²) in [7, 11) is 2.97. The third-order valence-corrected chi connectivity index (χ3v) is 4.67. The van der Waals surface area contributed by atoms with Crippen molar-refractivity contribution >= 4 is 17.6 Å². The highest BCUT2D eigenvalue weighted by Gasteiger charge is 2.16. The predicted molar refractivity (Wildman–Crippen MR) is 115 cm³/mol. The van der Waals surface area contributed by atoms with Gasteiger partial charge in [0.05, 0.1) is 36.7 Å². The Morgan fingerprint density at radius 3 is 2.44 bits per heavy atom. The van der Waals surface area contributed by atoms with Crippen molar-refractivity contribution in [2.75, 3.05) is 26.1 Å². The van der Waals surface area contributed by atoms with Gasteiger partial charge in [0.15, 0.2) is 18.1 Å². The minimum atomic E-state index is -0.671. The monoisotopic (exact) mass is 440 g/mol. The Hall–Kier alpha value is -4.01. The van der Waals surface area contributed by atoms with Gasteiger partial charge in [0.1, 0.15) is 18.1 Å². The number of benzene rings is 2. The zero-order chi connectivity index (χ0) is 23.1. The summed E-state index contributed by atoms with van der Waals surface area (Å²) in [6.45, 7) is 3.42. The number of methoxy groups -OCH3 is 2. The van der Waals surface area contributed by atoms with Crippen LogP contribution in [-0.2, 0) is 16.1 Å². The Morgan fingerprint density at radius 1 is 1.00 bits per heavy atom. The molecule has 0 aliphatic carbocycles. The van der Waals surface area contributed by atoms with Gasteiger partial charge in [-0.05, 0) is 44.2 Å². The minimum absolute atomic E-state index is 0.219. The van der Waals surface area contributed by atoms with E-state index < -0.39 is 18.5 Å². The molecule has 9 heteroatoms. The number of carbonyl (C=O) groups excluding carboxylic acids is 2. The summed E-state index contributed by atoms with van der Waals surface area (Å²) in [4.78, 5) is 24.5. The summed E-state index contributed by atoms with van der Waals surface area (Å²) in [6.07, 6.45) is 0. The number of nitrogens with one attached hydrogen (secondary N) is 1. The van der Waals surface area contributed by atoms with Crippen LogP contribution in [0.15, 0.2) is 47.0 Å². The lowest BCUT2D eigenvalue weighted by Gasteiger charge is -2.12. The lowest BCUT2D eigenvalue weighted by molar-refractivity contribution is -0.119. The predicted octanol–water partition coefficient (Wildman–Crippen LogP) is 3.68. The highest BCUT2D eigenvalue weighted by Crippen LogP contribution is 2.30. The van der Waals surface area contributed by atoms with Crippen LogP contribution in [0, 0.1) is 13.8 Å². The van der Waals surface area contributed by atoms with E-state index in [0.29, 0.717) is 28.7 Å². The summed E-state index contributed by atoms with van der Waals surface area (Å²) < 4.78 is 26.6. The van der Waals surface area contributed by atoms with Crippen molar-refractivity contribution < 1.29 is 33.1 Å². The van der Waals surface area contributed by atoms with Gasteiger partial charge in [-0.3, -0.25) is 4.79 Å². The molecule has 0 saturated carbocycles. The van der Waals surface area contributed by atoms with Crippen LogP contribution >= 0.6 is 0 Å². The first-order chi connectivity index (χ1) is 15.4. The van der Waals surface area contributed by atoms with Crippen molar-refractivity contribution in [2.24, 2.45) is 0 Å². The maximum absolute atomic E-state index is 12.4. The first kappa shape index (κ1) is 22.7. The van der Waals surface area contributed by atoms with Gasteiger partial charge in [0.25, 0.3) is 5.91 Å². The third-order valence-electron chi connectivity index (χ3n) is 4.67. The number of aromatic nitrogens is 1. The molecule has 1 amide bonds. The SMILES string of the molecule is COc1ccccc1NC(=O)COC(=O)c1ccc(OCc2c(C)noc2C)c(OC)c1. The summed E-state index contributed by atoms with van der Waals surface area (Å²) in [5, 5.41) is 6.53. The van der Waals surface area contributed by atoms with E-state index in [1.54, 1.807) is 37.3 Å². The number of esters is 1. The van der Waals surface area contributed by atoms with Gasteiger partial charge in [0, 0.05) is 0 Å². The topological polar surface area (TPSA) is 109 Å². The normalized spacial score (nSPS) is 10.4. The number of para-hydroxylation sites is 2. The zero-order valence-corrected chi connectivity index (χ0v) is 18.3. The van der Waals surface area contributed by atoms with E-state index in [-0.39, 0.29) is 12.2 Å². The molecule has 2 aromatic carbocycles. The number of amides is 1. The fourth-order valence-electron chi connectivity index (χ4n) is 2.92. The van der Waals surface area contributed by atoms with E-state index in [2.05, 4.69) is 10.5 Å². The summed E-state index contributed by atoms with van der Waals surface area (Å²) >= 11 is 0. The van der Waals surface area contributed by atoms with Crippen LogP contribution in [0.3, 0.4) is 0 Å². The van der Waals surface area contributed by atoms with Crippen LogP contribution in [0.4, 0.5) is 5.69 Å². The van der Waals surface area contributed by atoms with E-state index in [9.17, 15) is 9.59 Å². The van der Waals surface area contributed by atoms with Crippen LogP contribution in [-0.4, -0.2) is 37.9 Å². The molecule has 0 atom stereocenters. The number of hydrogen-bond acceptors (Lipinski definition) is 8. The van der Waals surface area contributed by atoms with E-state index in [4.69, 9.17) is 23.5 Å². The van der Waals surface area contributed by atoms with Crippen molar-refractivity contribution in [1.82, 2.24) is 5.16 Å². The molecule has 168 valence electrons. The van der Waals surface area contributed by atoms with Crippen LogP contribution in [0.5, 0.6) is 17.2 Å². The molecule has 1 aromatic heterocycles. The number of rotatable bonds is 9. The molecule has 3 rings (SSSR count). The molecule has 0 spiro atoms. The van der Waals surface area contributed by atoms with Gasteiger partial charge in [0.2, 0.25) is 0 Å². The first-order valence-electron chi connectivity index (χ1n) is 9.75. The summed E-state index contributed by atoms with van der Waals surface area (Å²) in [5.41, 5.74) is 2.29. The van der Waals surface area contributed by atoms with Crippen molar-refractivity contribution in [3.05, 3.63) is 65.0 Å². The number of hydrogen-bond donors (Lipinski definition) is 1. The number of carbonyl (C=O) groups is 2. The summed E-state index contributed by atoms with van der Waals surface area (Å²) in [6, 6.07) is 11.6. The number of aryl methyl sites for hydroxylation is 2. The fourth-order valence-corrected chi connectivity index (χ4v) is 2.92. The average Bonchev–Trinajstić information content (AvgIpc) is 3.13. The van der Waals surface area contributed by atoms with Crippen molar-refractivity contribution in [1.29, 1.82) is 0 Å². The molecule has 0 aliphatic heterocycles. The molecule has 0 bridgehead atoms. The van der Waals surface area contributed by atoms with Crippen molar-refractivity contribution in [3.8, 4) is 17.2 Å². The van der Waals surface area contributed by atoms with Gasteiger partial charge in [-0.2, -0.15) is 0 Å². The zero-order valence-electron chi connectivity index (χ0n) is 18.3. The van der Waals surface area contributed by atoms with E-state index in [1.165, 1.54) is 26.4 Å². The molecule has 9 nitrogen and oxygen atoms in total. The largest absolute Gasteiger partial charge is 0.495 e. The van der Waals surface area contributed by atoms with Gasteiger partial charge < -0.3 is 28.8 Å². The number of anilines is 1. The minimum Gasteiger partial charge on any atom is -0.495 e. The highest BCUT2D eigenvalue weighted by atomic mass is 16.5. The van der Waals surface area contributed by atoms with Crippen LogP contribution in [0.2, 0.25) is 0 Å². The Labute approximate surface area is 185 Å². The number of nitrogens with zero attached hydrogens (tertiary/aromatic N) is 1. The molecule has 0 fully saturated rings. The molecule has 0 aliphatic rings. The van der Waals surface area contributed by atoms with Gasteiger partial charge in [-0.15, -0.1) is 0 Å². The molecule has 32 heavy (non-hydrogen) atoms. The first-order valence-corrected chi connectivity index (χ1v) is 9.75. The lowest BCUT2D eigenvalue weighted by atomic mass is 10.2. The Morgan fingerprint density at radius 2 is 1.75 bits per heavy atom. The molecular formula is C23H24N2O7. The standard InChI is InChI=1S/C23H24N2O7/c1-14-17(15(2)32-25-14)12-30-20-10-9-16(11-21(20)29-4)23(27)31-13-22(26)24-18-7-5-6-8-19(18)28-3/h5-11H,12-13H2,1-4H3,(H,24,26). The van der Waals surface area contributed by atoms with Crippen molar-refractivity contribution in [2.45, 2.75) is 20.5 Å². The quantitative estimate of drug-likeness (QED) is 0.502. The molecule has 0 saturated heterocycles. The molecular weight excluding hydrogens is 416 g/mol. The second-order valence-electron chi connectivity index (χ2n) is 6.78. The van der Waals surface area contributed by atoms with Crippen LogP contribution in [0.1, 0.15) is 27.4 Å². The van der Waals surface area contributed by atoms with E-state index in [1.807, 2.05) is 6.92 Å². The van der Waals surface area contributed by atoms with Gasteiger partial charge in [-0.1, -0.05) is 17.3 Å². The molecule has 3 aromatic rings. The van der Waals surface area contributed by atoms with Crippen molar-refractivity contribution in [3.63, 3.8) is 0 Å². The highest BCUT2D eigenvalue weighted by molar-refractivity contribution is 5.96. The summed E-state index contributed by atoms with van der Waals surface area (Å²) in [5.74, 6) is 0.810. The van der Waals surface area contributed by atoms with E-state index in [0.717, 1.165) is 11.3 Å². The lowest BCUT2D eigenvalue weighted by Crippen LogP contribution is -2.21. The second-order valence-corrected chi connectivity index (χ2v) is 6.78. The van der Waals surface area contributed by atoms with Gasteiger partial charge >= 0.3 is 5.97 Å². The number of ether oxygens (including phenoxy) is 4. The van der Waals surface area contributed by atoms with Gasteiger partial charge in [-0.25, -0.2) is 4.79 Å². The fraction of sp³-hybridized carbons (Fsp3) is 0.261. The van der Waals surface area contributed by atoms with Crippen LogP contribution in [0.25, 0.3) is 0 Å². The smallest absolute Gasteiger partial charge is 0.338 e. The second kappa shape index (κ2) is 10.3. The molecule has 0 unspecified atom stereocenters. The molecule has 1 N–H and O–H groups in total. The Balaban J connectivity index is 1.60. The third kappa shape index (κ3) is 5.37.